The van der Waals surface area contributed by atoms with Gasteiger partial charge in [-0.15, -0.1) is 0 Å². The van der Waals surface area contributed by atoms with Crippen molar-refractivity contribution in [1.82, 2.24) is 5.23 Å². The van der Waals surface area contributed by atoms with Crippen LogP contribution >= 0.6 is 0 Å². The molecule has 6 heteroatoms. The quantitative estimate of drug-likeness (QED) is 0.674. The Morgan fingerprint density at radius 1 is 1.93 bits per heavy atom. The zero-order valence-corrected chi connectivity index (χ0v) is 7.71. The normalized spacial score (nSPS) is 26.6. The second kappa shape index (κ2) is 4.93. The highest BCUT2D eigenvalue weighted by Crippen LogP contribution is 2.21. The molecule has 2 atom stereocenters. The van der Waals surface area contributed by atoms with Gasteiger partial charge in [0.05, 0.1) is 6.04 Å². The second-order valence-electron chi connectivity index (χ2n) is 2.73. The molecule has 6 nitrogen and oxygen atoms in total. The van der Waals surface area contributed by atoms with E-state index in [4.69, 9.17) is 19.9 Å². The third-order valence-electron chi connectivity index (χ3n) is 1.83. The summed E-state index contributed by atoms with van der Waals surface area (Å²) in [6, 6.07) is 0.996. The number of allylic oxidation sites excluding steroid dienone is 1. The maximum Gasteiger partial charge on any atom is 0.218 e. The Balaban J connectivity index is 2.68. The van der Waals surface area contributed by atoms with Gasteiger partial charge in [-0.25, -0.2) is 0 Å². The van der Waals surface area contributed by atoms with Crippen molar-refractivity contribution >= 4 is 0 Å². The van der Waals surface area contributed by atoms with Gasteiger partial charge >= 0.3 is 0 Å². The molecule has 1 aliphatic rings. The highest BCUT2D eigenvalue weighted by atomic mass is 16.8. The molecule has 0 aromatic heterocycles. The lowest BCUT2D eigenvalue weighted by atomic mass is 10.1. The van der Waals surface area contributed by atoms with Crippen LogP contribution < -0.4 is 0 Å². The van der Waals surface area contributed by atoms with Crippen molar-refractivity contribution in [2.45, 2.75) is 25.7 Å². The number of ether oxygens (including phenoxy) is 2. The number of nitrogens with zero attached hydrogens (tertiary/aromatic N) is 2. The fourth-order valence-electron chi connectivity index (χ4n) is 1.17. The van der Waals surface area contributed by atoms with Gasteiger partial charge in [0.15, 0.2) is 5.76 Å². The molecule has 0 aromatic rings. The molecule has 0 bridgehead atoms. The number of hydrogen-bond donors (Lipinski definition) is 1. The molecule has 1 aliphatic heterocycles. The lowest BCUT2D eigenvalue weighted by molar-refractivity contribution is -0.206. The Bertz CT molecular complexity index is 259. The maximum absolute atomic E-state index is 10.7. The Kier molecular flexibility index (Phi) is 3.85. The van der Waals surface area contributed by atoms with Crippen LogP contribution in [-0.2, 0) is 9.47 Å². The molecule has 0 unspecified atom stereocenters. The van der Waals surface area contributed by atoms with Crippen LogP contribution in [0.25, 0.3) is 0 Å². The minimum Gasteiger partial charge on any atom is -0.762 e. The smallest absolute Gasteiger partial charge is 0.218 e. The number of hydrogen-bond acceptors (Lipinski definition) is 6. The zero-order valence-electron chi connectivity index (χ0n) is 7.71. The SMILES string of the molecule is CCO[C@H]1OC(C#N)=CC[C@@H]1N([O-])O. The molecule has 0 saturated heterocycles. The summed E-state index contributed by atoms with van der Waals surface area (Å²) in [5, 5.41) is 27.8. The molecule has 14 heavy (non-hydrogen) atoms. The predicted molar refractivity (Wildman–Crippen MR) is 45.6 cm³/mol. The van der Waals surface area contributed by atoms with Crippen LogP contribution in [0, 0.1) is 16.5 Å². The summed E-state index contributed by atoms with van der Waals surface area (Å²) in [6.45, 7) is 2.07. The summed E-state index contributed by atoms with van der Waals surface area (Å²) in [5.41, 5.74) is 0. The molecule has 0 spiro atoms. The van der Waals surface area contributed by atoms with Gasteiger partial charge in [-0.3, -0.25) is 5.23 Å². The van der Waals surface area contributed by atoms with Crippen LogP contribution in [0.1, 0.15) is 13.3 Å². The number of nitriles is 1. The van der Waals surface area contributed by atoms with Crippen molar-refractivity contribution in [1.29, 1.82) is 5.26 Å². The molecule has 1 N–H and O–H groups in total. The van der Waals surface area contributed by atoms with Gasteiger partial charge in [-0.2, -0.15) is 5.26 Å². The van der Waals surface area contributed by atoms with Crippen LogP contribution in [0.5, 0.6) is 0 Å². The second-order valence-corrected chi connectivity index (χ2v) is 2.73. The summed E-state index contributed by atoms with van der Waals surface area (Å²) < 4.78 is 10.1. The molecular weight excluding hydrogens is 188 g/mol. The van der Waals surface area contributed by atoms with Gasteiger partial charge in [0, 0.05) is 6.61 Å². The number of rotatable bonds is 3. The van der Waals surface area contributed by atoms with Gasteiger partial charge in [0.2, 0.25) is 6.29 Å². The van der Waals surface area contributed by atoms with E-state index < -0.39 is 12.3 Å². The van der Waals surface area contributed by atoms with Gasteiger partial charge in [-0.1, -0.05) is 0 Å². The lowest BCUT2D eigenvalue weighted by Gasteiger charge is -2.37. The fourth-order valence-corrected chi connectivity index (χ4v) is 1.17. The van der Waals surface area contributed by atoms with Gasteiger partial charge in [-0.05, 0) is 19.4 Å². The molecule has 0 radical (unpaired) electrons. The van der Waals surface area contributed by atoms with E-state index in [0.717, 1.165) is 0 Å². The van der Waals surface area contributed by atoms with Gasteiger partial charge in [0.1, 0.15) is 6.07 Å². The summed E-state index contributed by atoms with van der Waals surface area (Å²) in [6.07, 6.45) is 0.789. The van der Waals surface area contributed by atoms with Gasteiger partial charge in [0.25, 0.3) is 0 Å². The van der Waals surface area contributed by atoms with Crippen molar-refractivity contribution in [2.75, 3.05) is 6.61 Å². The first-order valence-corrected chi connectivity index (χ1v) is 4.22. The van der Waals surface area contributed by atoms with Crippen LogP contribution in [0.15, 0.2) is 11.8 Å². The highest BCUT2D eigenvalue weighted by Gasteiger charge is 2.28. The van der Waals surface area contributed by atoms with Crippen LogP contribution in [0.3, 0.4) is 0 Å². The molecule has 1 heterocycles. The molecule has 78 valence electrons. The minimum atomic E-state index is -0.887. The Morgan fingerprint density at radius 2 is 2.64 bits per heavy atom. The Hall–Kier alpha value is -1.13. The summed E-state index contributed by atoms with van der Waals surface area (Å²) in [7, 11) is 0. The molecular formula is C8H11N2O4-. The first-order valence-electron chi connectivity index (χ1n) is 4.22. The Labute approximate surface area is 81.5 Å². The fraction of sp³-hybridized carbons (Fsp3) is 0.625. The summed E-state index contributed by atoms with van der Waals surface area (Å²) >= 11 is 0. The van der Waals surface area contributed by atoms with Crippen LogP contribution in [-0.4, -0.2) is 29.4 Å². The van der Waals surface area contributed by atoms with E-state index in [2.05, 4.69) is 0 Å². The average molecular weight is 199 g/mol. The summed E-state index contributed by atoms with van der Waals surface area (Å²) in [5.74, 6) is 0.113. The molecule has 0 amide bonds. The van der Waals surface area contributed by atoms with Crippen molar-refractivity contribution in [3.05, 3.63) is 17.0 Å². The molecule has 0 aliphatic carbocycles. The van der Waals surface area contributed by atoms with E-state index in [9.17, 15) is 5.21 Å². The van der Waals surface area contributed by atoms with Crippen molar-refractivity contribution < 1.29 is 14.7 Å². The van der Waals surface area contributed by atoms with E-state index in [0.29, 0.717) is 6.61 Å². The minimum absolute atomic E-state index is 0.113. The molecule has 0 aromatic carbocycles. The molecule has 0 saturated carbocycles. The largest absolute Gasteiger partial charge is 0.762 e. The van der Waals surface area contributed by atoms with Crippen molar-refractivity contribution in [2.24, 2.45) is 0 Å². The molecule has 0 fully saturated rings. The standard InChI is InChI=1S/C8H11N2O4/c1-2-13-8-7(10(11)12)4-3-6(5-9)14-8/h3,7-8,11H,2,4H2,1H3/q-1/t7-,8-/m0/s1. The monoisotopic (exact) mass is 199 g/mol. The highest BCUT2D eigenvalue weighted by molar-refractivity contribution is 5.16. The summed E-state index contributed by atoms with van der Waals surface area (Å²) in [4.78, 5) is 0. The van der Waals surface area contributed by atoms with Crippen LogP contribution in [0.2, 0.25) is 0 Å². The predicted octanol–water partition coefficient (Wildman–Crippen LogP) is 0.734. The van der Waals surface area contributed by atoms with E-state index >= 15 is 0 Å². The maximum atomic E-state index is 10.7. The Morgan fingerprint density at radius 3 is 3.14 bits per heavy atom. The van der Waals surface area contributed by atoms with Crippen molar-refractivity contribution in [3.8, 4) is 6.07 Å². The number of hydroxylamine groups is 2. The van der Waals surface area contributed by atoms with E-state index in [-0.39, 0.29) is 17.4 Å². The topological polar surface area (TPSA) is 88.8 Å². The zero-order chi connectivity index (χ0) is 10.6. The van der Waals surface area contributed by atoms with E-state index in [1.54, 1.807) is 6.92 Å². The molecule has 1 rings (SSSR count). The first-order chi connectivity index (χ1) is 6.69. The van der Waals surface area contributed by atoms with Crippen LogP contribution in [0.4, 0.5) is 0 Å². The van der Waals surface area contributed by atoms with E-state index in [1.165, 1.54) is 6.08 Å². The van der Waals surface area contributed by atoms with Gasteiger partial charge < -0.3 is 19.9 Å². The van der Waals surface area contributed by atoms with Crippen molar-refractivity contribution in [3.63, 3.8) is 0 Å². The first kappa shape index (κ1) is 10.9. The third kappa shape index (κ3) is 2.43. The average Bonchev–Trinajstić information content (AvgIpc) is 2.17. The third-order valence-corrected chi connectivity index (χ3v) is 1.83. The lowest BCUT2D eigenvalue weighted by Crippen LogP contribution is -2.43. The van der Waals surface area contributed by atoms with E-state index in [1.807, 2.05) is 6.07 Å².